The summed E-state index contributed by atoms with van der Waals surface area (Å²) in [6.45, 7) is 6.45. The average Bonchev–Trinajstić information content (AvgIpc) is 3.31. The molecule has 0 saturated carbocycles. The summed E-state index contributed by atoms with van der Waals surface area (Å²) in [5.74, 6) is 1.28. The number of hydrogen-bond acceptors (Lipinski definition) is 6. The average molecular weight is 421 g/mol. The Morgan fingerprint density at radius 1 is 1.37 bits per heavy atom. The molecule has 0 spiro atoms. The van der Waals surface area contributed by atoms with Crippen LogP contribution in [0.4, 0.5) is 5.00 Å². The lowest BCUT2D eigenvalue weighted by atomic mass is 9.89. The van der Waals surface area contributed by atoms with Crippen molar-refractivity contribution in [2.75, 3.05) is 5.32 Å². The van der Waals surface area contributed by atoms with Crippen LogP contribution in [-0.4, -0.2) is 26.1 Å². The van der Waals surface area contributed by atoms with Gasteiger partial charge in [-0.05, 0) is 47.4 Å². The molecule has 1 amide bonds. The summed E-state index contributed by atoms with van der Waals surface area (Å²) >= 11 is 1.51. The Hall–Kier alpha value is -3.05. The second-order valence-corrected chi connectivity index (χ2v) is 9.24. The topological polar surface area (TPSA) is 96.5 Å². The molecule has 1 aromatic carbocycles. The summed E-state index contributed by atoms with van der Waals surface area (Å²) in [7, 11) is 0. The predicted octanol–water partition coefficient (Wildman–Crippen LogP) is 4.16. The van der Waals surface area contributed by atoms with Crippen molar-refractivity contribution in [3.05, 3.63) is 45.8 Å². The van der Waals surface area contributed by atoms with E-state index >= 15 is 0 Å². The maximum atomic E-state index is 12.6. The van der Waals surface area contributed by atoms with E-state index in [-0.39, 0.29) is 12.5 Å². The zero-order chi connectivity index (χ0) is 21.3. The standard InChI is InChI=1S/C22H24N6OS/c1-13(2)15-5-7-16(8-6-15)21-25-27-28(26-21)12-20(29)24-22-18(11-23)17-9-4-14(3)10-19(17)30-22/h5-8,13-14H,4,9-10,12H2,1-3H3,(H,24,29)/t14-/m1/s1. The third kappa shape index (κ3) is 4.12. The first kappa shape index (κ1) is 20.2. The molecule has 4 rings (SSSR count). The quantitative estimate of drug-likeness (QED) is 0.668. The van der Waals surface area contributed by atoms with Gasteiger partial charge in [-0.2, -0.15) is 10.1 Å². The van der Waals surface area contributed by atoms with E-state index in [1.165, 1.54) is 26.6 Å². The highest BCUT2D eigenvalue weighted by Gasteiger charge is 2.24. The van der Waals surface area contributed by atoms with E-state index in [1.54, 1.807) is 0 Å². The third-order valence-electron chi connectivity index (χ3n) is 5.45. The minimum absolute atomic E-state index is 0.0546. The minimum Gasteiger partial charge on any atom is -0.315 e. The molecule has 2 heterocycles. The van der Waals surface area contributed by atoms with Crippen LogP contribution in [0, 0.1) is 17.2 Å². The number of hydrogen-bond donors (Lipinski definition) is 1. The van der Waals surface area contributed by atoms with E-state index in [0.29, 0.717) is 28.2 Å². The number of fused-ring (bicyclic) bond motifs is 1. The Morgan fingerprint density at radius 3 is 2.83 bits per heavy atom. The van der Waals surface area contributed by atoms with E-state index in [2.05, 4.69) is 59.7 Å². The number of aromatic nitrogens is 4. The highest BCUT2D eigenvalue weighted by molar-refractivity contribution is 7.16. The van der Waals surface area contributed by atoms with Gasteiger partial charge in [0.15, 0.2) is 0 Å². The van der Waals surface area contributed by atoms with Crippen LogP contribution in [0.2, 0.25) is 0 Å². The molecule has 1 aliphatic carbocycles. The molecule has 0 fully saturated rings. The van der Waals surface area contributed by atoms with Crippen molar-refractivity contribution in [2.45, 2.75) is 52.5 Å². The predicted molar refractivity (Wildman–Crippen MR) is 116 cm³/mol. The van der Waals surface area contributed by atoms with Crippen LogP contribution in [-0.2, 0) is 24.2 Å². The van der Waals surface area contributed by atoms with Crippen molar-refractivity contribution < 1.29 is 4.79 Å². The van der Waals surface area contributed by atoms with Gasteiger partial charge in [0.2, 0.25) is 11.7 Å². The van der Waals surface area contributed by atoms with E-state index < -0.39 is 0 Å². The molecule has 1 atom stereocenters. The first-order valence-corrected chi connectivity index (χ1v) is 11.0. The van der Waals surface area contributed by atoms with Crippen LogP contribution >= 0.6 is 11.3 Å². The van der Waals surface area contributed by atoms with Crippen molar-refractivity contribution in [2.24, 2.45) is 5.92 Å². The lowest BCUT2D eigenvalue weighted by Crippen LogP contribution is -2.20. The van der Waals surface area contributed by atoms with Crippen molar-refractivity contribution >= 4 is 22.2 Å². The maximum absolute atomic E-state index is 12.6. The van der Waals surface area contributed by atoms with Gasteiger partial charge in [0, 0.05) is 10.4 Å². The van der Waals surface area contributed by atoms with Gasteiger partial charge in [-0.1, -0.05) is 45.0 Å². The van der Waals surface area contributed by atoms with Gasteiger partial charge in [0.05, 0.1) is 5.56 Å². The molecule has 0 saturated heterocycles. The van der Waals surface area contributed by atoms with Gasteiger partial charge in [0.1, 0.15) is 17.6 Å². The third-order valence-corrected chi connectivity index (χ3v) is 6.62. The SMILES string of the molecule is CC(C)c1ccc(-c2nnn(CC(=O)Nc3sc4c(c3C#N)CC[C@@H](C)C4)n2)cc1. The van der Waals surface area contributed by atoms with E-state index in [9.17, 15) is 10.1 Å². The minimum atomic E-state index is -0.266. The molecule has 0 unspecified atom stereocenters. The molecular weight excluding hydrogens is 396 g/mol. The van der Waals surface area contributed by atoms with Gasteiger partial charge in [-0.3, -0.25) is 4.79 Å². The summed E-state index contributed by atoms with van der Waals surface area (Å²) in [6, 6.07) is 10.3. The first-order valence-electron chi connectivity index (χ1n) is 10.2. The molecular formula is C22H24N6OS. The van der Waals surface area contributed by atoms with Crippen molar-refractivity contribution in [1.29, 1.82) is 5.26 Å². The van der Waals surface area contributed by atoms with Gasteiger partial charge >= 0.3 is 0 Å². The number of benzene rings is 1. The molecule has 0 aliphatic heterocycles. The largest absolute Gasteiger partial charge is 0.315 e. The van der Waals surface area contributed by atoms with Gasteiger partial charge in [-0.25, -0.2) is 0 Å². The summed E-state index contributed by atoms with van der Waals surface area (Å²) in [6.07, 6.45) is 2.94. The first-order chi connectivity index (χ1) is 14.4. The van der Waals surface area contributed by atoms with Crippen LogP contribution in [0.3, 0.4) is 0 Å². The number of tetrazole rings is 1. The fourth-order valence-electron chi connectivity index (χ4n) is 3.69. The molecule has 3 aromatic rings. The number of anilines is 1. The van der Waals surface area contributed by atoms with Gasteiger partial charge in [0.25, 0.3) is 0 Å². The Balaban J connectivity index is 1.45. The summed E-state index contributed by atoms with van der Waals surface area (Å²) < 4.78 is 0. The number of carbonyl (C=O) groups is 1. The van der Waals surface area contributed by atoms with Crippen molar-refractivity contribution in [1.82, 2.24) is 20.2 Å². The van der Waals surface area contributed by atoms with E-state index in [0.717, 1.165) is 30.4 Å². The molecule has 7 nitrogen and oxygen atoms in total. The number of thiophene rings is 1. The highest BCUT2D eigenvalue weighted by atomic mass is 32.1. The second-order valence-electron chi connectivity index (χ2n) is 8.14. The molecule has 8 heteroatoms. The number of nitrogens with one attached hydrogen (secondary N) is 1. The van der Waals surface area contributed by atoms with E-state index in [1.807, 2.05) is 12.1 Å². The molecule has 2 aromatic heterocycles. The second kappa shape index (κ2) is 8.36. The van der Waals surface area contributed by atoms with Crippen LogP contribution in [0.1, 0.15) is 54.7 Å². The number of rotatable bonds is 5. The Morgan fingerprint density at radius 2 is 2.13 bits per heavy atom. The normalized spacial score (nSPS) is 15.6. The monoisotopic (exact) mass is 420 g/mol. The Kier molecular flexibility index (Phi) is 5.64. The van der Waals surface area contributed by atoms with Gasteiger partial charge in [-0.15, -0.1) is 21.5 Å². The van der Waals surface area contributed by atoms with Gasteiger partial charge < -0.3 is 5.32 Å². The van der Waals surface area contributed by atoms with Crippen LogP contribution in [0.25, 0.3) is 11.4 Å². The van der Waals surface area contributed by atoms with Crippen LogP contribution in [0.15, 0.2) is 24.3 Å². The number of nitrogens with zero attached hydrogens (tertiary/aromatic N) is 5. The zero-order valence-corrected chi connectivity index (χ0v) is 18.2. The molecule has 1 aliphatic rings. The number of amides is 1. The van der Waals surface area contributed by atoms with Crippen LogP contribution in [0.5, 0.6) is 0 Å². The molecule has 1 N–H and O–H groups in total. The molecule has 30 heavy (non-hydrogen) atoms. The summed E-state index contributed by atoms with van der Waals surface area (Å²) in [4.78, 5) is 15.0. The summed E-state index contributed by atoms with van der Waals surface area (Å²) in [5, 5.41) is 25.5. The number of carbonyl (C=O) groups excluding carboxylic acids is 1. The fraction of sp³-hybridized carbons (Fsp3) is 0.409. The molecule has 154 valence electrons. The van der Waals surface area contributed by atoms with Crippen molar-refractivity contribution in [3.63, 3.8) is 0 Å². The van der Waals surface area contributed by atoms with Crippen molar-refractivity contribution in [3.8, 4) is 17.5 Å². The lowest BCUT2D eigenvalue weighted by molar-refractivity contribution is -0.117. The van der Waals surface area contributed by atoms with Crippen LogP contribution < -0.4 is 5.32 Å². The van der Waals surface area contributed by atoms with E-state index in [4.69, 9.17) is 0 Å². The molecule has 0 radical (unpaired) electrons. The highest BCUT2D eigenvalue weighted by Crippen LogP contribution is 2.39. The Bertz CT molecular complexity index is 1110. The zero-order valence-electron chi connectivity index (χ0n) is 17.3. The lowest BCUT2D eigenvalue weighted by Gasteiger charge is -2.17. The number of nitriles is 1. The smallest absolute Gasteiger partial charge is 0.248 e. The maximum Gasteiger partial charge on any atom is 0.248 e. The summed E-state index contributed by atoms with van der Waals surface area (Å²) in [5.41, 5.74) is 3.80. The fourth-order valence-corrected chi connectivity index (χ4v) is 5.07. The molecule has 0 bridgehead atoms. The Labute approximate surface area is 179 Å².